The predicted octanol–water partition coefficient (Wildman–Crippen LogP) is 2.34. The highest BCUT2D eigenvalue weighted by Gasteiger charge is 2.29. The first kappa shape index (κ1) is 8.30. The van der Waals surface area contributed by atoms with Crippen LogP contribution < -0.4 is 5.32 Å². The van der Waals surface area contributed by atoms with Crippen molar-refractivity contribution in [2.24, 2.45) is 5.92 Å². The Balaban J connectivity index is 2.08. The number of carbonyl (C=O) groups is 1. The molecule has 1 aromatic rings. The number of hydrogen-bond acceptors (Lipinski definition) is 1. The number of anilines is 1. The summed E-state index contributed by atoms with van der Waals surface area (Å²) in [4.78, 5) is 11.4. The molecule has 13 heavy (non-hydrogen) atoms. The zero-order valence-electron chi connectivity index (χ0n) is 7.71. The van der Waals surface area contributed by atoms with E-state index in [2.05, 4.69) is 5.32 Å². The highest BCUT2D eigenvalue weighted by molar-refractivity contribution is 5.94. The molecule has 1 fully saturated rings. The molecule has 1 aliphatic carbocycles. The quantitative estimate of drug-likeness (QED) is 0.734. The fourth-order valence-electron chi connectivity index (χ4n) is 1.29. The SMILES string of the molecule is Cc1ccccc1NC(=O)C1CC1. The summed E-state index contributed by atoms with van der Waals surface area (Å²) in [6.45, 7) is 2.00. The maximum atomic E-state index is 11.4. The molecular weight excluding hydrogens is 162 g/mol. The van der Waals surface area contributed by atoms with E-state index in [1.54, 1.807) is 0 Å². The van der Waals surface area contributed by atoms with Gasteiger partial charge in [0.25, 0.3) is 0 Å². The van der Waals surface area contributed by atoms with Crippen molar-refractivity contribution in [3.05, 3.63) is 29.8 Å². The van der Waals surface area contributed by atoms with Crippen LogP contribution in [-0.4, -0.2) is 5.91 Å². The van der Waals surface area contributed by atoms with Crippen molar-refractivity contribution in [2.75, 3.05) is 5.32 Å². The fourth-order valence-corrected chi connectivity index (χ4v) is 1.29. The molecule has 0 aromatic heterocycles. The van der Waals surface area contributed by atoms with Gasteiger partial charge in [0.05, 0.1) is 0 Å². The van der Waals surface area contributed by atoms with Crippen LogP contribution in [0.25, 0.3) is 0 Å². The van der Waals surface area contributed by atoms with Gasteiger partial charge in [0, 0.05) is 11.6 Å². The Morgan fingerprint density at radius 3 is 2.69 bits per heavy atom. The molecule has 0 saturated heterocycles. The summed E-state index contributed by atoms with van der Waals surface area (Å²) < 4.78 is 0. The summed E-state index contributed by atoms with van der Waals surface area (Å²) in [5, 5.41) is 2.93. The van der Waals surface area contributed by atoms with Crippen molar-refractivity contribution in [1.29, 1.82) is 0 Å². The average molecular weight is 175 g/mol. The lowest BCUT2D eigenvalue weighted by molar-refractivity contribution is -0.117. The molecule has 0 spiro atoms. The lowest BCUT2D eigenvalue weighted by Crippen LogP contribution is -2.13. The molecule has 2 heteroatoms. The second-order valence-corrected chi connectivity index (χ2v) is 3.58. The van der Waals surface area contributed by atoms with Crippen LogP contribution in [0.4, 0.5) is 5.69 Å². The number of aryl methyl sites for hydroxylation is 1. The molecule has 1 saturated carbocycles. The minimum atomic E-state index is 0.175. The maximum absolute atomic E-state index is 11.4. The van der Waals surface area contributed by atoms with E-state index < -0.39 is 0 Å². The first-order valence-electron chi connectivity index (χ1n) is 4.64. The number of amides is 1. The largest absolute Gasteiger partial charge is 0.326 e. The van der Waals surface area contributed by atoms with Crippen molar-refractivity contribution in [1.82, 2.24) is 0 Å². The van der Waals surface area contributed by atoms with E-state index in [1.807, 2.05) is 31.2 Å². The van der Waals surface area contributed by atoms with Crippen molar-refractivity contribution in [3.8, 4) is 0 Å². The fraction of sp³-hybridized carbons (Fsp3) is 0.364. The molecule has 0 bridgehead atoms. The molecule has 1 N–H and O–H groups in total. The van der Waals surface area contributed by atoms with E-state index in [4.69, 9.17) is 0 Å². The Hall–Kier alpha value is -1.31. The minimum absolute atomic E-state index is 0.175. The number of para-hydroxylation sites is 1. The molecule has 0 aliphatic heterocycles. The topological polar surface area (TPSA) is 29.1 Å². The highest BCUT2D eigenvalue weighted by Crippen LogP contribution is 2.30. The molecule has 0 radical (unpaired) electrons. The summed E-state index contributed by atoms with van der Waals surface area (Å²) >= 11 is 0. The molecule has 2 rings (SSSR count). The Labute approximate surface area is 78.0 Å². The molecule has 0 heterocycles. The van der Waals surface area contributed by atoms with E-state index in [9.17, 15) is 4.79 Å². The normalized spacial score (nSPS) is 15.5. The first-order chi connectivity index (χ1) is 6.27. The Kier molecular flexibility index (Phi) is 2.05. The molecule has 1 aromatic carbocycles. The van der Waals surface area contributed by atoms with Crippen molar-refractivity contribution in [3.63, 3.8) is 0 Å². The second kappa shape index (κ2) is 3.21. The van der Waals surface area contributed by atoms with E-state index in [-0.39, 0.29) is 11.8 Å². The Morgan fingerprint density at radius 1 is 1.38 bits per heavy atom. The van der Waals surface area contributed by atoms with Crippen molar-refractivity contribution >= 4 is 11.6 Å². The van der Waals surface area contributed by atoms with Gasteiger partial charge >= 0.3 is 0 Å². The van der Waals surface area contributed by atoms with Crippen LogP contribution in [0.1, 0.15) is 18.4 Å². The third-order valence-electron chi connectivity index (χ3n) is 2.35. The number of rotatable bonds is 2. The molecule has 0 atom stereocenters. The summed E-state index contributed by atoms with van der Waals surface area (Å²) in [5.74, 6) is 0.453. The lowest BCUT2D eigenvalue weighted by Gasteiger charge is -2.06. The third-order valence-corrected chi connectivity index (χ3v) is 2.35. The summed E-state index contributed by atoms with van der Waals surface area (Å²) in [6.07, 6.45) is 2.11. The van der Waals surface area contributed by atoms with Crippen LogP contribution >= 0.6 is 0 Å². The van der Waals surface area contributed by atoms with Crippen LogP contribution in [-0.2, 0) is 4.79 Å². The van der Waals surface area contributed by atoms with Crippen LogP contribution in [0, 0.1) is 12.8 Å². The van der Waals surface area contributed by atoms with Gasteiger partial charge < -0.3 is 5.32 Å². The lowest BCUT2D eigenvalue weighted by atomic mass is 10.2. The maximum Gasteiger partial charge on any atom is 0.227 e. The van der Waals surface area contributed by atoms with Gasteiger partial charge in [0.1, 0.15) is 0 Å². The van der Waals surface area contributed by atoms with Crippen LogP contribution in [0.3, 0.4) is 0 Å². The monoisotopic (exact) mass is 175 g/mol. The molecular formula is C11H13NO. The minimum Gasteiger partial charge on any atom is -0.326 e. The zero-order valence-corrected chi connectivity index (χ0v) is 7.71. The van der Waals surface area contributed by atoms with Gasteiger partial charge in [-0.15, -0.1) is 0 Å². The summed E-state index contributed by atoms with van der Waals surface area (Å²) in [5.41, 5.74) is 2.07. The van der Waals surface area contributed by atoms with Gasteiger partial charge in [0.15, 0.2) is 0 Å². The first-order valence-corrected chi connectivity index (χ1v) is 4.64. The Morgan fingerprint density at radius 2 is 2.08 bits per heavy atom. The standard InChI is InChI=1S/C11H13NO/c1-8-4-2-3-5-10(8)12-11(13)9-6-7-9/h2-5,9H,6-7H2,1H3,(H,12,13). The van der Waals surface area contributed by atoms with Gasteiger partial charge in [-0.2, -0.15) is 0 Å². The number of nitrogens with one attached hydrogen (secondary N) is 1. The van der Waals surface area contributed by atoms with Crippen molar-refractivity contribution < 1.29 is 4.79 Å². The molecule has 0 unspecified atom stereocenters. The molecule has 2 nitrogen and oxygen atoms in total. The third kappa shape index (κ3) is 1.89. The summed E-state index contributed by atoms with van der Waals surface area (Å²) in [7, 11) is 0. The smallest absolute Gasteiger partial charge is 0.227 e. The van der Waals surface area contributed by atoms with Crippen LogP contribution in [0.5, 0.6) is 0 Å². The van der Waals surface area contributed by atoms with E-state index in [0.29, 0.717) is 0 Å². The van der Waals surface area contributed by atoms with Crippen molar-refractivity contribution in [2.45, 2.75) is 19.8 Å². The van der Waals surface area contributed by atoms with Gasteiger partial charge in [0.2, 0.25) is 5.91 Å². The van der Waals surface area contributed by atoms with Crippen LogP contribution in [0.15, 0.2) is 24.3 Å². The molecule has 1 aliphatic rings. The van der Waals surface area contributed by atoms with Gasteiger partial charge in [-0.05, 0) is 31.4 Å². The van der Waals surface area contributed by atoms with E-state index in [1.165, 1.54) is 0 Å². The van der Waals surface area contributed by atoms with Crippen LogP contribution in [0.2, 0.25) is 0 Å². The van der Waals surface area contributed by atoms with E-state index >= 15 is 0 Å². The van der Waals surface area contributed by atoms with Gasteiger partial charge in [-0.3, -0.25) is 4.79 Å². The Bertz CT molecular complexity index is 329. The predicted molar refractivity (Wildman–Crippen MR) is 52.5 cm³/mol. The number of hydrogen-bond donors (Lipinski definition) is 1. The zero-order chi connectivity index (χ0) is 9.26. The molecule has 1 amide bonds. The second-order valence-electron chi connectivity index (χ2n) is 3.58. The average Bonchev–Trinajstić information content (AvgIpc) is 2.91. The number of benzene rings is 1. The highest BCUT2D eigenvalue weighted by atomic mass is 16.2. The molecule has 68 valence electrons. The van der Waals surface area contributed by atoms with Gasteiger partial charge in [-0.1, -0.05) is 18.2 Å². The number of carbonyl (C=O) groups excluding carboxylic acids is 1. The van der Waals surface area contributed by atoms with Gasteiger partial charge in [-0.25, -0.2) is 0 Å². The summed E-state index contributed by atoms with van der Waals surface area (Å²) in [6, 6.07) is 7.86. The van der Waals surface area contributed by atoms with E-state index in [0.717, 1.165) is 24.1 Å².